The minimum absolute atomic E-state index is 0.0903. The van der Waals surface area contributed by atoms with E-state index in [2.05, 4.69) is 12.7 Å². The third-order valence-electron chi connectivity index (χ3n) is 5.32. The Morgan fingerprint density at radius 1 is 0.941 bits per heavy atom. The highest BCUT2D eigenvalue weighted by Crippen LogP contribution is 2.42. The molecular formula is C16H28O. The lowest BCUT2D eigenvalue weighted by Crippen LogP contribution is -2.28. The molecule has 1 atom stereocenters. The van der Waals surface area contributed by atoms with Gasteiger partial charge in [0.2, 0.25) is 0 Å². The first-order valence-corrected chi connectivity index (χ1v) is 7.51. The molecular weight excluding hydrogens is 208 g/mol. The normalized spacial score (nSPS) is 40.8. The molecule has 2 fully saturated rings. The molecule has 0 aromatic rings. The summed E-state index contributed by atoms with van der Waals surface area (Å²) < 4.78 is 0. The maximum Gasteiger partial charge on any atom is 0.0540 e. The maximum absolute atomic E-state index is 9.63. The zero-order chi connectivity index (χ0) is 12.3. The van der Waals surface area contributed by atoms with E-state index in [4.69, 9.17) is 0 Å². The Hall–Kier alpha value is -0.300. The van der Waals surface area contributed by atoms with Crippen LogP contribution in [0, 0.1) is 23.7 Å². The highest BCUT2D eigenvalue weighted by Gasteiger charge is 2.31. The second kappa shape index (κ2) is 6.04. The Morgan fingerprint density at radius 2 is 1.41 bits per heavy atom. The number of hydrogen-bond acceptors (Lipinski definition) is 1. The summed E-state index contributed by atoms with van der Waals surface area (Å²) in [7, 11) is 0. The molecule has 2 aliphatic rings. The standard InChI is InChI=1S/C16H28O/c1-3-13-4-6-15(7-5-13)16-10-8-14(9-11-16)12(2)17/h3,12-17H,1,4-11H2,2H3. The Balaban J connectivity index is 1.76. The molecule has 0 aliphatic heterocycles. The Morgan fingerprint density at radius 3 is 1.82 bits per heavy atom. The van der Waals surface area contributed by atoms with E-state index in [9.17, 15) is 5.11 Å². The van der Waals surface area contributed by atoms with Gasteiger partial charge in [-0.2, -0.15) is 0 Å². The summed E-state index contributed by atoms with van der Waals surface area (Å²) in [6.07, 6.45) is 12.9. The van der Waals surface area contributed by atoms with E-state index in [0.29, 0.717) is 5.92 Å². The van der Waals surface area contributed by atoms with E-state index in [1.807, 2.05) is 6.92 Å². The molecule has 0 aromatic heterocycles. The molecule has 0 spiro atoms. The van der Waals surface area contributed by atoms with Crippen molar-refractivity contribution in [3.63, 3.8) is 0 Å². The van der Waals surface area contributed by atoms with Crippen molar-refractivity contribution in [3.8, 4) is 0 Å². The zero-order valence-electron chi connectivity index (χ0n) is 11.3. The minimum Gasteiger partial charge on any atom is -0.393 e. The van der Waals surface area contributed by atoms with Crippen molar-refractivity contribution in [2.24, 2.45) is 23.7 Å². The summed E-state index contributed by atoms with van der Waals surface area (Å²) in [5, 5.41) is 9.63. The van der Waals surface area contributed by atoms with Gasteiger partial charge in [0.1, 0.15) is 0 Å². The quantitative estimate of drug-likeness (QED) is 0.729. The summed E-state index contributed by atoms with van der Waals surface area (Å²) in [6.45, 7) is 5.88. The van der Waals surface area contributed by atoms with Gasteiger partial charge in [0.15, 0.2) is 0 Å². The highest BCUT2D eigenvalue weighted by atomic mass is 16.3. The average molecular weight is 236 g/mol. The third kappa shape index (κ3) is 3.34. The van der Waals surface area contributed by atoms with Crippen molar-refractivity contribution in [2.45, 2.75) is 64.4 Å². The second-order valence-electron chi connectivity index (χ2n) is 6.33. The molecule has 2 rings (SSSR count). The first-order chi connectivity index (χ1) is 8.20. The monoisotopic (exact) mass is 236 g/mol. The molecule has 1 nitrogen and oxygen atoms in total. The highest BCUT2D eigenvalue weighted by molar-refractivity contribution is 4.87. The molecule has 1 unspecified atom stereocenters. The minimum atomic E-state index is -0.0903. The molecule has 0 radical (unpaired) electrons. The van der Waals surface area contributed by atoms with Crippen molar-refractivity contribution in [3.05, 3.63) is 12.7 Å². The van der Waals surface area contributed by atoms with Crippen LogP contribution in [0.2, 0.25) is 0 Å². The van der Waals surface area contributed by atoms with Crippen molar-refractivity contribution < 1.29 is 5.11 Å². The van der Waals surface area contributed by atoms with Crippen LogP contribution in [0.15, 0.2) is 12.7 Å². The number of aliphatic hydroxyl groups excluding tert-OH is 1. The van der Waals surface area contributed by atoms with E-state index in [1.54, 1.807) is 0 Å². The van der Waals surface area contributed by atoms with E-state index in [-0.39, 0.29) is 6.10 Å². The van der Waals surface area contributed by atoms with Crippen LogP contribution in [-0.4, -0.2) is 11.2 Å². The van der Waals surface area contributed by atoms with Gasteiger partial charge in [-0.1, -0.05) is 6.08 Å². The van der Waals surface area contributed by atoms with Gasteiger partial charge in [-0.3, -0.25) is 0 Å². The van der Waals surface area contributed by atoms with E-state index in [0.717, 1.165) is 17.8 Å². The van der Waals surface area contributed by atoms with Crippen LogP contribution in [0.1, 0.15) is 58.3 Å². The van der Waals surface area contributed by atoms with E-state index >= 15 is 0 Å². The van der Waals surface area contributed by atoms with Crippen LogP contribution >= 0.6 is 0 Å². The topological polar surface area (TPSA) is 20.2 Å². The van der Waals surface area contributed by atoms with Gasteiger partial charge >= 0.3 is 0 Å². The number of hydrogen-bond donors (Lipinski definition) is 1. The van der Waals surface area contributed by atoms with E-state index in [1.165, 1.54) is 51.4 Å². The molecule has 0 amide bonds. The lowest BCUT2D eigenvalue weighted by Gasteiger charge is -2.38. The fourth-order valence-electron chi connectivity index (χ4n) is 3.95. The molecule has 2 saturated carbocycles. The molecule has 1 heteroatoms. The summed E-state index contributed by atoms with van der Waals surface area (Å²) in [5.41, 5.74) is 0. The first-order valence-electron chi connectivity index (χ1n) is 7.51. The fraction of sp³-hybridized carbons (Fsp3) is 0.875. The molecule has 0 heterocycles. The molecule has 0 aromatic carbocycles. The maximum atomic E-state index is 9.63. The van der Waals surface area contributed by atoms with Crippen molar-refractivity contribution >= 4 is 0 Å². The van der Waals surface area contributed by atoms with Gasteiger partial charge in [0, 0.05) is 0 Å². The summed E-state index contributed by atoms with van der Waals surface area (Å²) in [5.74, 6) is 3.30. The van der Waals surface area contributed by atoms with Crippen molar-refractivity contribution in [1.29, 1.82) is 0 Å². The third-order valence-corrected chi connectivity index (χ3v) is 5.32. The van der Waals surface area contributed by atoms with Gasteiger partial charge < -0.3 is 5.11 Å². The SMILES string of the molecule is C=CC1CCC(C2CCC(C(C)O)CC2)CC1. The molecule has 98 valence electrons. The van der Waals surface area contributed by atoms with Crippen LogP contribution in [0.4, 0.5) is 0 Å². The summed E-state index contributed by atoms with van der Waals surface area (Å²) in [4.78, 5) is 0. The van der Waals surface area contributed by atoms with Gasteiger partial charge in [-0.25, -0.2) is 0 Å². The zero-order valence-corrected chi connectivity index (χ0v) is 11.3. The van der Waals surface area contributed by atoms with Crippen LogP contribution < -0.4 is 0 Å². The Kier molecular flexibility index (Phi) is 4.67. The molecule has 0 saturated heterocycles. The largest absolute Gasteiger partial charge is 0.393 e. The van der Waals surface area contributed by atoms with Gasteiger partial charge in [-0.15, -0.1) is 6.58 Å². The molecule has 0 bridgehead atoms. The molecule has 17 heavy (non-hydrogen) atoms. The van der Waals surface area contributed by atoms with Gasteiger partial charge in [0.25, 0.3) is 0 Å². The second-order valence-corrected chi connectivity index (χ2v) is 6.33. The first kappa shape index (κ1) is 13.1. The van der Waals surface area contributed by atoms with Crippen LogP contribution in [-0.2, 0) is 0 Å². The summed E-state index contributed by atoms with van der Waals surface area (Å²) >= 11 is 0. The van der Waals surface area contributed by atoms with Crippen molar-refractivity contribution in [2.75, 3.05) is 0 Å². The molecule has 1 N–H and O–H groups in total. The summed E-state index contributed by atoms with van der Waals surface area (Å²) in [6, 6.07) is 0. The van der Waals surface area contributed by atoms with Crippen LogP contribution in [0.3, 0.4) is 0 Å². The number of rotatable bonds is 3. The smallest absolute Gasteiger partial charge is 0.0540 e. The average Bonchev–Trinajstić information content (AvgIpc) is 2.39. The number of allylic oxidation sites excluding steroid dienone is 1. The predicted molar refractivity (Wildman–Crippen MR) is 72.8 cm³/mol. The van der Waals surface area contributed by atoms with Gasteiger partial charge in [0.05, 0.1) is 6.10 Å². The van der Waals surface area contributed by atoms with Crippen LogP contribution in [0.5, 0.6) is 0 Å². The van der Waals surface area contributed by atoms with Crippen molar-refractivity contribution in [1.82, 2.24) is 0 Å². The Labute approximate surface area is 106 Å². The lowest BCUT2D eigenvalue weighted by atomic mass is 9.68. The lowest BCUT2D eigenvalue weighted by molar-refractivity contribution is 0.0701. The van der Waals surface area contributed by atoms with Gasteiger partial charge in [-0.05, 0) is 82.0 Å². The Bertz CT molecular complexity index is 230. The predicted octanol–water partition coefficient (Wildman–Crippen LogP) is 4.17. The fourth-order valence-corrected chi connectivity index (χ4v) is 3.95. The van der Waals surface area contributed by atoms with E-state index < -0.39 is 0 Å². The number of aliphatic hydroxyl groups is 1. The molecule has 2 aliphatic carbocycles. The van der Waals surface area contributed by atoms with Crippen LogP contribution in [0.25, 0.3) is 0 Å².